The Morgan fingerprint density at radius 1 is 1.57 bits per heavy atom. The summed E-state index contributed by atoms with van der Waals surface area (Å²) >= 11 is 4.71. The lowest BCUT2D eigenvalue weighted by molar-refractivity contribution is -0.147. The fourth-order valence-electron chi connectivity index (χ4n) is 2.18. The summed E-state index contributed by atoms with van der Waals surface area (Å²) in [6.07, 6.45) is 4.62. The van der Waals surface area contributed by atoms with E-state index in [0.717, 1.165) is 12.8 Å². The molecule has 0 aromatic carbocycles. The first-order valence-corrected chi connectivity index (χ1v) is 8.47. The number of furan rings is 1. The zero-order valence-electron chi connectivity index (χ0n) is 11.5. The average molecular weight is 374 g/mol. The Morgan fingerprint density at radius 3 is 2.90 bits per heavy atom. The van der Waals surface area contributed by atoms with E-state index in [0.29, 0.717) is 16.2 Å². The van der Waals surface area contributed by atoms with Crippen LogP contribution in [0.1, 0.15) is 25.5 Å². The third kappa shape index (κ3) is 3.91. The van der Waals surface area contributed by atoms with Gasteiger partial charge in [-0.2, -0.15) is 0 Å². The van der Waals surface area contributed by atoms with Crippen molar-refractivity contribution in [1.29, 1.82) is 0 Å². The molecule has 114 valence electrons. The second-order valence-electron chi connectivity index (χ2n) is 4.65. The maximum atomic E-state index is 12.3. The van der Waals surface area contributed by atoms with E-state index in [9.17, 15) is 14.7 Å². The van der Waals surface area contributed by atoms with Crippen LogP contribution < -0.4 is 0 Å². The van der Waals surface area contributed by atoms with Gasteiger partial charge in [0.05, 0.1) is 5.37 Å². The van der Waals surface area contributed by atoms with Crippen LogP contribution in [-0.2, 0) is 9.59 Å². The minimum Gasteiger partial charge on any atom is -0.480 e. The number of carboxylic acids is 1. The Labute approximate surface area is 135 Å². The highest BCUT2D eigenvalue weighted by atomic mass is 79.9. The summed E-state index contributed by atoms with van der Waals surface area (Å²) in [5, 5.41) is 9.18. The Kier molecular flexibility index (Phi) is 5.52. The van der Waals surface area contributed by atoms with E-state index in [4.69, 9.17) is 4.42 Å². The first-order valence-electron chi connectivity index (χ1n) is 6.63. The number of aliphatic carboxylic acids is 1. The molecule has 0 spiro atoms. The number of thioether (sulfide) groups is 1. The van der Waals surface area contributed by atoms with Crippen LogP contribution in [0.2, 0.25) is 0 Å². The molecule has 21 heavy (non-hydrogen) atoms. The quantitative estimate of drug-likeness (QED) is 0.802. The van der Waals surface area contributed by atoms with E-state index in [1.807, 2.05) is 6.92 Å². The molecule has 7 heteroatoms. The predicted molar refractivity (Wildman–Crippen MR) is 84.9 cm³/mol. The standard InChI is InChI=1S/C14H16BrNO4S/c1-2-3-13-16(10(8-21-13)14(18)19)12(17)7-5-9-4-6-11(15)20-9/h4-7,10,13H,2-3,8H2,1H3,(H,18,19). The summed E-state index contributed by atoms with van der Waals surface area (Å²) in [5.41, 5.74) is 0. The molecule has 1 aromatic heterocycles. The maximum absolute atomic E-state index is 12.3. The molecule has 2 rings (SSSR count). The summed E-state index contributed by atoms with van der Waals surface area (Å²) < 4.78 is 5.86. The molecule has 1 saturated heterocycles. The number of amides is 1. The Balaban J connectivity index is 2.12. The van der Waals surface area contributed by atoms with Crippen LogP contribution in [-0.4, -0.2) is 39.1 Å². The van der Waals surface area contributed by atoms with Crippen molar-refractivity contribution >= 4 is 45.6 Å². The Hall–Kier alpha value is -1.21. The van der Waals surface area contributed by atoms with Crippen LogP contribution in [0.3, 0.4) is 0 Å². The van der Waals surface area contributed by atoms with Crippen molar-refractivity contribution in [2.75, 3.05) is 5.75 Å². The van der Waals surface area contributed by atoms with Gasteiger partial charge in [-0.15, -0.1) is 11.8 Å². The summed E-state index contributed by atoms with van der Waals surface area (Å²) in [6, 6.07) is 2.70. The van der Waals surface area contributed by atoms with Gasteiger partial charge in [0, 0.05) is 11.8 Å². The lowest BCUT2D eigenvalue weighted by Gasteiger charge is -2.25. The molecular weight excluding hydrogens is 358 g/mol. The Morgan fingerprint density at radius 2 is 2.33 bits per heavy atom. The highest BCUT2D eigenvalue weighted by Gasteiger charge is 2.40. The molecule has 0 bridgehead atoms. The molecule has 5 nitrogen and oxygen atoms in total. The summed E-state index contributed by atoms with van der Waals surface area (Å²) in [4.78, 5) is 25.1. The average Bonchev–Trinajstić information content (AvgIpc) is 3.03. The summed E-state index contributed by atoms with van der Waals surface area (Å²) in [7, 11) is 0. The van der Waals surface area contributed by atoms with Crippen LogP contribution in [0, 0.1) is 0 Å². The first-order chi connectivity index (χ1) is 10.0. The minimum absolute atomic E-state index is 0.0726. The highest BCUT2D eigenvalue weighted by Crippen LogP contribution is 2.32. The van der Waals surface area contributed by atoms with E-state index in [2.05, 4.69) is 15.9 Å². The van der Waals surface area contributed by atoms with E-state index in [1.54, 1.807) is 18.2 Å². The van der Waals surface area contributed by atoms with Gasteiger partial charge in [-0.25, -0.2) is 4.79 Å². The molecule has 1 fully saturated rings. The van der Waals surface area contributed by atoms with Crippen molar-refractivity contribution in [3.63, 3.8) is 0 Å². The molecule has 1 aromatic rings. The van der Waals surface area contributed by atoms with Gasteiger partial charge in [0.15, 0.2) is 4.67 Å². The van der Waals surface area contributed by atoms with Gasteiger partial charge in [0.2, 0.25) is 5.91 Å². The van der Waals surface area contributed by atoms with Crippen molar-refractivity contribution in [3.05, 3.63) is 28.6 Å². The molecule has 0 saturated carbocycles. The maximum Gasteiger partial charge on any atom is 0.327 e. The van der Waals surface area contributed by atoms with Crippen molar-refractivity contribution in [2.24, 2.45) is 0 Å². The number of halogens is 1. The molecule has 0 aliphatic carbocycles. The van der Waals surface area contributed by atoms with Gasteiger partial charge < -0.3 is 14.4 Å². The first kappa shape index (κ1) is 16.2. The molecule has 1 N–H and O–H groups in total. The zero-order valence-corrected chi connectivity index (χ0v) is 13.9. The number of nitrogens with zero attached hydrogens (tertiary/aromatic N) is 1. The predicted octanol–water partition coefficient (Wildman–Crippen LogP) is 3.21. The fourth-order valence-corrected chi connectivity index (χ4v) is 4.02. The number of hydrogen-bond acceptors (Lipinski definition) is 4. The minimum atomic E-state index is -0.955. The number of rotatable bonds is 5. The molecule has 1 aliphatic rings. The van der Waals surface area contributed by atoms with Gasteiger partial charge in [0.1, 0.15) is 11.8 Å². The smallest absolute Gasteiger partial charge is 0.327 e. The second-order valence-corrected chi connectivity index (χ2v) is 6.64. The molecule has 2 atom stereocenters. The number of carbonyl (C=O) groups is 2. The van der Waals surface area contributed by atoms with Crippen LogP contribution in [0.5, 0.6) is 0 Å². The third-order valence-corrected chi connectivity index (χ3v) is 4.93. The van der Waals surface area contributed by atoms with Gasteiger partial charge in [-0.05, 0) is 40.6 Å². The summed E-state index contributed by atoms with van der Waals surface area (Å²) in [6.45, 7) is 2.02. The molecule has 2 unspecified atom stereocenters. The number of carbonyl (C=O) groups excluding carboxylic acids is 1. The van der Waals surface area contributed by atoms with Crippen LogP contribution >= 0.6 is 27.7 Å². The van der Waals surface area contributed by atoms with Gasteiger partial charge in [0.25, 0.3) is 0 Å². The lowest BCUT2D eigenvalue weighted by Crippen LogP contribution is -2.44. The van der Waals surface area contributed by atoms with E-state index in [1.165, 1.54) is 22.7 Å². The van der Waals surface area contributed by atoms with Crippen LogP contribution in [0.15, 0.2) is 27.3 Å². The highest BCUT2D eigenvalue weighted by molar-refractivity contribution is 9.10. The van der Waals surface area contributed by atoms with Crippen molar-refractivity contribution in [2.45, 2.75) is 31.2 Å². The van der Waals surface area contributed by atoms with Crippen molar-refractivity contribution in [3.8, 4) is 0 Å². The van der Waals surface area contributed by atoms with Crippen molar-refractivity contribution < 1.29 is 19.1 Å². The van der Waals surface area contributed by atoms with Gasteiger partial charge >= 0.3 is 5.97 Å². The number of hydrogen-bond donors (Lipinski definition) is 1. The molecule has 1 amide bonds. The van der Waals surface area contributed by atoms with Crippen LogP contribution in [0.4, 0.5) is 0 Å². The second kappa shape index (κ2) is 7.17. The van der Waals surface area contributed by atoms with Gasteiger partial charge in [-0.3, -0.25) is 4.79 Å². The SMILES string of the molecule is CCCC1SCC(C(=O)O)N1C(=O)C=Cc1ccc(Br)o1. The third-order valence-electron chi connectivity index (χ3n) is 3.15. The summed E-state index contributed by atoms with van der Waals surface area (Å²) in [5.74, 6) is -0.269. The van der Waals surface area contributed by atoms with Crippen molar-refractivity contribution in [1.82, 2.24) is 4.90 Å². The molecule has 2 heterocycles. The molecule has 0 radical (unpaired) electrons. The van der Waals surface area contributed by atoms with E-state index >= 15 is 0 Å². The largest absolute Gasteiger partial charge is 0.480 e. The molecular formula is C14H16BrNO4S. The normalized spacial score (nSPS) is 22.1. The van der Waals surface area contributed by atoms with Gasteiger partial charge in [-0.1, -0.05) is 13.3 Å². The van der Waals surface area contributed by atoms with Crippen LogP contribution in [0.25, 0.3) is 6.08 Å². The fraction of sp³-hybridized carbons (Fsp3) is 0.429. The molecule has 1 aliphatic heterocycles. The topological polar surface area (TPSA) is 70.8 Å². The monoisotopic (exact) mass is 373 g/mol. The Bertz CT molecular complexity index is 557. The van der Waals surface area contributed by atoms with E-state index < -0.39 is 12.0 Å². The zero-order chi connectivity index (χ0) is 15.4. The van der Waals surface area contributed by atoms with E-state index in [-0.39, 0.29) is 11.3 Å². The lowest BCUT2D eigenvalue weighted by atomic mass is 10.2. The number of carboxylic acid groups (broad SMARTS) is 1.